The van der Waals surface area contributed by atoms with Gasteiger partial charge in [0, 0.05) is 23.9 Å². The highest BCUT2D eigenvalue weighted by molar-refractivity contribution is 7.10. The summed E-state index contributed by atoms with van der Waals surface area (Å²) in [6.07, 6.45) is 4.10. The van der Waals surface area contributed by atoms with Crippen LogP contribution in [0.25, 0.3) is 0 Å². The molecule has 5 heteroatoms. The van der Waals surface area contributed by atoms with Crippen LogP contribution in [0.4, 0.5) is 0 Å². The Labute approximate surface area is 184 Å². The van der Waals surface area contributed by atoms with E-state index in [4.69, 9.17) is 0 Å². The molecule has 1 aliphatic rings. The van der Waals surface area contributed by atoms with Crippen molar-refractivity contribution >= 4 is 23.2 Å². The van der Waals surface area contributed by atoms with Crippen molar-refractivity contribution in [1.82, 2.24) is 9.80 Å². The van der Waals surface area contributed by atoms with E-state index in [1.807, 2.05) is 24.0 Å². The number of hydrogen-bond acceptors (Lipinski definition) is 3. The second-order valence-corrected chi connectivity index (χ2v) is 9.28. The first-order valence-electron chi connectivity index (χ1n) is 11.2. The van der Waals surface area contributed by atoms with E-state index >= 15 is 0 Å². The van der Waals surface area contributed by atoms with Gasteiger partial charge in [-0.3, -0.25) is 9.59 Å². The van der Waals surface area contributed by atoms with Crippen LogP contribution < -0.4 is 0 Å². The van der Waals surface area contributed by atoms with Gasteiger partial charge >= 0.3 is 0 Å². The molecule has 0 N–H and O–H groups in total. The first kappa shape index (κ1) is 22.5. The molecule has 0 radical (unpaired) electrons. The number of nitrogens with zero attached hydrogens (tertiary/aromatic N) is 2. The fraction of sp³-hybridized carbons (Fsp3) is 0.520. The molecule has 0 fully saturated rings. The van der Waals surface area contributed by atoms with Crippen LogP contribution in [0.2, 0.25) is 0 Å². The zero-order chi connectivity index (χ0) is 21.7. The molecular formula is C25H34N2O2S. The van der Waals surface area contributed by atoms with Gasteiger partial charge in [-0.25, -0.2) is 0 Å². The Hall–Kier alpha value is -2.14. The Morgan fingerprint density at radius 3 is 2.67 bits per heavy atom. The summed E-state index contributed by atoms with van der Waals surface area (Å²) in [6, 6.07) is 10.5. The number of amides is 2. The van der Waals surface area contributed by atoms with Gasteiger partial charge in [-0.15, -0.1) is 11.3 Å². The van der Waals surface area contributed by atoms with Gasteiger partial charge in [0.2, 0.25) is 11.8 Å². The molecule has 0 aliphatic carbocycles. The lowest BCUT2D eigenvalue weighted by molar-refractivity contribution is -0.143. The van der Waals surface area contributed by atoms with Gasteiger partial charge < -0.3 is 9.80 Å². The third kappa shape index (κ3) is 4.77. The maximum Gasteiger partial charge on any atom is 0.243 e. The van der Waals surface area contributed by atoms with E-state index in [2.05, 4.69) is 44.4 Å². The summed E-state index contributed by atoms with van der Waals surface area (Å²) in [4.78, 5) is 31.6. The van der Waals surface area contributed by atoms with Gasteiger partial charge in [-0.2, -0.15) is 0 Å². The number of carbonyl (C=O) groups is 2. The molecule has 3 rings (SSSR count). The molecule has 2 aromatic rings. The fourth-order valence-electron chi connectivity index (χ4n) is 4.23. The molecule has 4 nitrogen and oxygen atoms in total. The predicted octanol–water partition coefficient (Wildman–Crippen LogP) is 5.35. The molecule has 30 heavy (non-hydrogen) atoms. The van der Waals surface area contributed by atoms with E-state index in [0.717, 1.165) is 25.7 Å². The molecule has 2 unspecified atom stereocenters. The van der Waals surface area contributed by atoms with E-state index in [1.165, 1.54) is 21.6 Å². The van der Waals surface area contributed by atoms with Crippen LogP contribution in [0.3, 0.4) is 0 Å². The fourth-order valence-corrected chi connectivity index (χ4v) is 5.14. The van der Waals surface area contributed by atoms with Crippen LogP contribution in [0.1, 0.15) is 74.1 Å². The zero-order valence-electron chi connectivity index (χ0n) is 18.7. The highest BCUT2D eigenvalue weighted by Gasteiger charge is 2.35. The molecule has 1 aromatic heterocycles. The average Bonchev–Trinajstić information content (AvgIpc) is 3.24. The zero-order valence-corrected chi connectivity index (χ0v) is 19.5. The maximum atomic E-state index is 13.6. The van der Waals surface area contributed by atoms with Crippen LogP contribution in [0.15, 0.2) is 35.7 Å². The summed E-state index contributed by atoms with van der Waals surface area (Å²) in [5, 5.41) is 2.13. The molecule has 2 amide bonds. The number of carbonyl (C=O) groups excluding carboxylic acids is 2. The molecule has 0 saturated heterocycles. The van der Waals surface area contributed by atoms with Crippen molar-refractivity contribution in [1.29, 1.82) is 0 Å². The number of aryl methyl sites for hydroxylation is 1. The van der Waals surface area contributed by atoms with Gasteiger partial charge in [0.15, 0.2) is 0 Å². The van der Waals surface area contributed by atoms with Gasteiger partial charge in [0.25, 0.3) is 0 Å². The number of benzene rings is 1. The number of unbranched alkanes of at least 4 members (excludes halogenated alkanes) is 1. The van der Waals surface area contributed by atoms with Gasteiger partial charge in [-0.05, 0) is 61.2 Å². The topological polar surface area (TPSA) is 40.6 Å². The number of thiophene rings is 1. The third-order valence-corrected chi connectivity index (χ3v) is 7.26. The second-order valence-electron chi connectivity index (χ2n) is 8.28. The van der Waals surface area contributed by atoms with Crippen LogP contribution in [-0.4, -0.2) is 40.7 Å². The number of rotatable bonds is 8. The minimum Gasteiger partial charge on any atom is -0.331 e. The Morgan fingerprint density at radius 2 is 1.97 bits per heavy atom. The van der Waals surface area contributed by atoms with Crippen molar-refractivity contribution in [2.24, 2.45) is 0 Å². The standard InChI is InChI=1S/C25H34N2O2S/c1-5-7-12-23(28)27(19(4)6-2)17-24(29)26-15-13-22-21(14-16-30-22)25(26)20-11-9-8-10-18(20)3/h8-11,14,16,19,25H,5-7,12-13,15,17H2,1-4H3. The van der Waals surface area contributed by atoms with Crippen molar-refractivity contribution < 1.29 is 9.59 Å². The second kappa shape index (κ2) is 10.3. The monoisotopic (exact) mass is 426 g/mol. The first-order valence-corrected chi connectivity index (χ1v) is 12.1. The largest absolute Gasteiger partial charge is 0.331 e. The van der Waals surface area contributed by atoms with Gasteiger partial charge in [0.05, 0.1) is 6.04 Å². The van der Waals surface area contributed by atoms with Gasteiger partial charge in [0.1, 0.15) is 6.54 Å². The van der Waals surface area contributed by atoms with Crippen LogP contribution in [0, 0.1) is 6.92 Å². The average molecular weight is 427 g/mol. The van der Waals surface area contributed by atoms with Crippen LogP contribution in [-0.2, 0) is 16.0 Å². The first-order chi connectivity index (χ1) is 14.5. The van der Waals surface area contributed by atoms with Gasteiger partial charge in [-0.1, -0.05) is 44.5 Å². The maximum absolute atomic E-state index is 13.6. The summed E-state index contributed by atoms with van der Waals surface area (Å²) in [7, 11) is 0. The summed E-state index contributed by atoms with van der Waals surface area (Å²) < 4.78 is 0. The van der Waals surface area contributed by atoms with Crippen molar-refractivity contribution in [2.75, 3.05) is 13.1 Å². The Bertz CT molecular complexity index is 876. The highest BCUT2D eigenvalue weighted by Crippen LogP contribution is 2.39. The third-order valence-electron chi connectivity index (χ3n) is 6.26. The quantitative estimate of drug-likeness (QED) is 0.571. The van der Waals surface area contributed by atoms with E-state index in [-0.39, 0.29) is 30.4 Å². The Kier molecular flexibility index (Phi) is 7.70. The molecule has 2 atom stereocenters. The molecular weight excluding hydrogens is 392 g/mol. The summed E-state index contributed by atoms with van der Waals surface area (Å²) in [6.45, 7) is 9.18. The summed E-state index contributed by atoms with van der Waals surface area (Å²) in [5.74, 6) is 0.144. The Balaban J connectivity index is 1.89. The van der Waals surface area contributed by atoms with Crippen molar-refractivity contribution in [3.8, 4) is 0 Å². The Morgan fingerprint density at radius 1 is 1.20 bits per heavy atom. The lowest BCUT2D eigenvalue weighted by Gasteiger charge is -2.39. The van der Waals surface area contributed by atoms with E-state index < -0.39 is 0 Å². The molecule has 2 heterocycles. The molecule has 0 spiro atoms. The highest BCUT2D eigenvalue weighted by atomic mass is 32.1. The lowest BCUT2D eigenvalue weighted by atomic mass is 9.90. The number of hydrogen-bond donors (Lipinski definition) is 0. The molecule has 0 bridgehead atoms. The van der Waals surface area contributed by atoms with Crippen molar-refractivity contribution in [3.63, 3.8) is 0 Å². The van der Waals surface area contributed by atoms with E-state index in [9.17, 15) is 9.59 Å². The smallest absolute Gasteiger partial charge is 0.243 e. The molecule has 0 saturated carbocycles. The summed E-state index contributed by atoms with van der Waals surface area (Å²) in [5.41, 5.74) is 3.61. The molecule has 1 aliphatic heterocycles. The minimum atomic E-state index is -0.0711. The van der Waals surface area contributed by atoms with Crippen molar-refractivity contribution in [3.05, 3.63) is 57.3 Å². The predicted molar refractivity (Wildman–Crippen MR) is 124 cm³/mol. The van der Waals surface area contributed by atoms with Crippen LogP contribution in [0.5, 0.6) is 0 Å². The van der Waals surface area contributed by atoms with Crippen molar-refractivity contribution in [2.45, 2.75) is 71.9 Å². The molecule has 162 valence electrons. The molecule has 1 aromatic carbocycles. The van der Waals surface area contributed by atoms with Crippen LogP contribution >= 0.6 is 11.3 Å². The summed E-state index contributed by atoms with van der Waals surface area (Å²) >= 11 is 1.78. The number of fused-ring (bicyclic) bond motifs is 1. The SMILES string of the molecule is CCCCC(=O)N(CC(=O)N1CCc2sccc2C1c1ccccc1C)C(C)CC. The van der Waals surface area contributed by atoms with E-state index in [1.54, 1.807) is 16.2 Å². The lowest BCUT2D eigenvalue weighted by Crippen LogP contribution is -2.49. The normalized spacial score (nSPS) is 16.8. The van der Waals surface area contributed by atoms with E-state index in [0.29, 0.717) is 13.0 Å². The minimum absolute atomic E-state index is 0.0465.